The molecule has 0 radical (unpaired) electrons. The van der Waals surface area contributed by atoms with Gasteiger partial charge in [0.15, 0.2) is 0 Å². The summed E-state index contributed by atoms with van der Waals surface area (Å²) in [5, 5.41) is 12.8. The molecule has 2 aliphatic rings. The fourth-order valence-corrected chi connectivity index (χ4v) is 5.04. The number of nitrogens with zero attached hydrogens (tertiary/aromatic N) is 1. The Bertz CT molecular complexity index is 912. The minimum atomic E-state index is -0.819. The van der Waals surface area contributed by atoms with Gasteiger partial charge in [-0.15, -0.1) is 0 Å². The molecule has 32 heavy (non-hydrogen) atoms. The van der Waals surface area contributed by atoms with Gasteiger partial charge >= 0.3 is 5.97 Å². The van der Waals surface area contributed by atoms with Crippen molar-refractivity contribution < 1.29 is 24.2 Å². The third-order valence-corrected chi connectivity index (χ3v) is 6.74. The number of anilines is 1. The number of amides is 2. The first kappa shape index (κ1) is 24.0. The predicted octanol–water partition coefficient (Wildman–Crippen LogP) is 2.84. The lowest BCUT2D eigenvalue weighted by atomic mass is 9.69. The Hall–Kier alpha value is -2.67. The molecule has 7 nitrogen and oxygen atoms in total. The van der Waals surface area contributed by atoms with Gasteiger partial charge in [-0.2, -0.15) is 0 Å². The number of ether oxygens (including phenoxy) is 1. The third-order valence-electron chi connectivity index (χ3n) is 6.74. The van der Waals surface area contributed by atoms with Gasteiger partial charge in [0.2, 0.25) is 11.8 Å². The van der Waals surface area contributed by atoms with E-state index in [0.29, 0.717) is 12.1 Å². The van der Waals surface area contributed by atoms with Crippen LogP contribution >= 0.6 is 0 Å². The van der Waals surface area contributed by atoms with Crippen LogP contribution in [0.5, 0.6) is 0 Å². The van der Waals surface area contributed by atoms with Gasteiger partial charge in [0.1, 0.15) is 6.04 Å². The third kappa shape index (κ3) is 4.31. The molecule has 1 aromatic rings. The molecule has 0 aromatic heterocycles. The maximum absolute atomic E-state index is 13.6. The number of benzene rings is 1. The van der Waals surface area contributed by atoms with Crippen LogP contribution in [0.25, 0.3) is 0 Å². The van der Waals surface area contributed by atoms with Crippen molar-refractivity contribution in [3.05, 3.63) is 41.5 Å². The number of likely N-dealkylation sites (tertiary alicyclic amines) is 1. The number of hydrogen-bond acceptors (Lipinski definition) is 5. The van der Waals surface area contributed by atoms with E-state index >= 15 is 0 Å². The quantitative estimate of drug-likeness (QED) is 0.500. The first-order valence-electron chi connectivity index (χ1n) is 11.4. The molecule has 1 saturated heterocycles. The number of esters is 1. The van der Waals surface area contributed by atoms with Crippen LogP contribution in [0.3, 0.4) is 0 Å². The first-order chi connectivity index (χ1) is 15.2. The lowest BCUT2D eigenvalue weighted by molar-refractivity contribution is -0.156. The summed E-state index contributed by atoms with van der Waals surface area (Å²) in [4.78, 5) is 41.5. The van der Waals surface area contributed by atoms with E-state index in [9.17, 15) is 19.5 Å². The molecular formula is C25H34N2O5. The van der Waals surface area contributed by atoms with Crippen LogP contribution in [0.1, 0.15) is 38.3 Å². The highest BCUT2D eigenvalue weighted by Gasteiger charge is 2.58. The van der Waals surface area contributed by atoms with E-state index in [2.05, 4.69) is 5.32 Å². The minimum absolute atomic E-state index is 0.133. The van der Waals surface area contributed by atoms with Gasteiger partial charge in [-0.05, 0) is 57.2 Å². The van der Waals surface area contributed by atoms with Crippen molar-refractivity contribution in [1.29, 1.82) is 0 Å². The summed E-state index contributed by atoms with van der Waals surface area (Å²) in [5.74, 6) is -2.94. The molecule has 174 valence electrons. The lowest BCUT2D eigenvalue weighted by Crippen LogP contribution is -2.49. The number of fused-ring (bicyclic) bond motifs is 1. The number of rotatable bonds is 7. The summed E-state index contributed by atoms with van der Waals surface area (Å²) >= 11 is 0. The van der Waals surface area contributed by atoms with E-state index < -0.39 is 35.8 Å². The first-order valence-corrected chi connectivity index (χ1v) is 11.4. The van der Waals surface area contributed by atoms with Gasteiger partial charge < -0.3 is 20.1 Å². The highest BCUT2D eigenvalue weighted by atomic mass is 16.5. The van der Waals surface area contributed by atoms with Gasteiger partial charge in [-0.25, -0.2) is 0 Å². The fraction of sp³-hybridized carbons (Fsp3) is 0.560. The standard InChI is InChI=1S/C25H34N2O5/c1-6-17-10-11-18-21(20(17)25(31)32-7-2)24(30)27(16(5)13-28)22(18)23(29)26-19-12-14(3)8-9-15(19)4/h8-12,16-18,20-22,28H,6-7,13H2,1-5H3,(H,26,29)/t16-,17-,18+,20-,21-,22+/m1/s1. The Labute approximate surface area is 189 Å². The summed E-state index contributed by atoms with van der Waals surface area (Å²) in [6, 6.07) is 4.43. The van der Waals surface area contributed by atoms with E-state index in [1.54, 1.807) is 13.8 Å². The second kappa shape index (κ2) is 9.86. The minimum Gasteiger partial charge on any atom is -0.466 e. The van der Waals surface area contributed by atoms with Crippen LogP contribution in [0.2, 0.25) is 0 Å². The second-order valence-corrected chi connectivity index (χ2v) is 8.87. The van der Waals surface area contributed by atoms with Crippen molar-refractivity contribution in [1.82, 2.24) is 4.90 Å². The zero-order chi connectivity index (χ0) is 23.6. The van der Waals surface area contributed by atoms with Crippen molar-refractivity contribution >= 4 is 23.5 Å². The molecule has 2 N–H and O–H groups in total. The van der Waals surface area contributed by atoms with Crippen LogP contribution in [0, 0.1) is 37.5 Å². The molecule has 7 heteroatoms. The molecule has 1 aliphatic carbocycles. The second-order valence-electron chi connectivity index (χ2n) is 8.87. The molecule has 3 rings (SSSR count). The maximum atomic E-state index is 13.6. The highest BCUT2D eigenvalue weighted by molar-refractivity contribution is 6.02. The molecule has 1 fully saturated rings. The zero-order valence-electron chi connectivity index (χ0n) is 19.5. The molecule has 0 spiro atoms. The molecule has 6 atom stereocenters. The van der Waals surface area contributed by atoms with Crippen LogP contribution in [-0.4, -0.2) is 53.1 Å². The number of hydrogen-bond donors (Lipinski definition) is 2. The number of carbonyl (C=O) groups is 3. The number of aryl methyl sites for hydroxylation is 2. The number of aliphatic hydroxyl groups excluding tert-OH is 1. The molecule has 2 amide bonds. The van der Waals surface area contributed by atoms with Gasteiger partial charge in [-0.3, -0.25) is 14.4 Å². The average molecular weight is 443 g/mol. The Balaban J connectivity index is 2.02. The smallest absolute Gasteiger partial charge is 0.310 e. The largest absolute Gasteiger partial charge is 0.466 e. The topological polar surface area (TPSA) is 95.9 Å². The van der Waals surface area contributed by atoms with Crippen LogP contribution < -0.4 is 5.32 Å². The predicted molar refractivity (Wildman–Crippen MR) is 122 cm³/mol. The van der Waals surface area contributed by atoms with Crippen LogP contribution in [0.4, 0.5) is 5.69 Å². The number of aliphatic hydroxyl groups is 1. The Morgan fingerprint density at radius 3 is 2.56 bits per heavy atom. The summed E-state index contributed by atoms with van der Waals surface area (Å²) in [6.45, 7) is 9.25. The van der Waals surface area contributed by atoms with Gasteiger partial charge in [0, 0.05) is 11.6 Å². The lowest BCUT2D eigenvalue weighted by Gasteiger charge is -2.33. The van der Waals surface area contributed by atoms with Crippen LogP contribution in [-0.2, 0) is 19.1 Å². The molecule has 0 unspecified atom stereocenters. The Kier molecular flexibility index (Phi) is 7.39. The maximum Gasteiger partial charge on any atom is 0.310 e. The summed E-state index contributed by atoms with van der Waals surface area (Å²) in [7, 11) is 0. The fourth-order valence-electron chi connectivity index (χ4n) is 5.04. The molecule has 1 heterocycles. The van der Waals surface area contributed by atoms with Crippen molar-refractivity contribution in [3.8, 4) is 0 Å². The SMILES string of the molecule is CCOC(=O)[C@H]1[C@@H]2C(=O)N([C@H](C)CO)[C@H](C(=O)Nc3cc(C)ccc3C)[C@H]2C=C[C@H]1CC. The van der Waals surface area contributed by atoms with Crippen LogP contribution in [0.15, 0.2) is 30.4 Å². The molecule has 1 aromatic carbocycles. The van der Waals surface area contributed by atoms with E-state index in [-0.39, 0.29) is 30.9 Å². The van der Waals surface area contributed by atoms with E-state index in [0.717, 1.165) is 11.1 Å². The van der Waals surface area contributed by atoms with Gasteiger partial charge in [0.05, 0.1) is 31.1 Å². The summed E-state index contributed by atoms with van der Waals surface area (Å²) < 4.78 is 5.32. The molecule has 1 aliphatic heterocycles. The molecule has 0 bridgehead atoms. The van der Waals surface area contributed by atoms with Crippen molar-refractivity contribution in [2.24, 2.45) is 23.7 Å². The monoisotopic (exact) mass is 442 g/mol. The van der Waals surface area contributed by atoms with E-state index in [4.69, 9.17) is 4.74 Å². The highest BCUT2D eigenvalue weighted by Crippen LogP contribution is 2.46. The number of allylic oxidation sites excluding steroid dienone is 1. The molecular weight excluding hydrogens is 408 g/mol. The Morgan fingerprint density at radius 2 is 1.94 bits per heavy atom. The normalized spacial score (nSPS) is 27.8. The van der Waals surface area contributed by atoms with Crippen molar-refractivity contribution in [2.45, 2.75) is 53.1 Å². The van der Waals surface area contributed by atoms with Gasteiger partial charge in [0.25, 0.3) is 0 Å². The summed E-state index contributed by atoms with van der Waals surface area (Å²) in [5.41, 5.74) is 2.62. The van der Waals surface area contributed by atoms with Crippen molar-refractivity contribution in [2.75, 3.05) is 18.5 Å². The number of carbonyl (C=O) groups excluding carboxylic acids is 3. The summed E-state index contributed by atoms with van der Waals surface area (Å²) in [6.07, 6.45) is 4.54. The van der Waals surface area contributed by atoms with E-state index in [1.807, 2.05) is 51.1 Å². The van der Waals surface area contributed by atoms with E-state index in [1.165, 1.54) is 4.90 Å². The number of nitrogens with one attached hydrogen (secondary N) is 1. The zero-order valence-corrected chi connectivity index (χ0v) is 19.5. The van der Waals surface area contributed by atoms with Gasteiger partial charge in [-0.1, -0.05) is 31.2 Å². The average Bonchev–Trinajstić information content (AvgIpc) is 3.07. The van der Waals surface area contributed by atoms with Crippen molar-refractivity contribution in [3.63, 3.8) is 0 Å². The molecule has 0 saturated carbocycles. The Morgan fingerprint density at radius 1 is 1.22 bits per heavy atom.